The first kappa shape index (κ1) is 24.2. The topological polar surface area (TPSA) is 149 Å². The SMILES string of the molecule is CCCCCCCC(O)C(COC1OC(CO)C(O)C(O)C1O)NC(C)=O. The van der Waals surface area contributed by atoms with Crippen LogP contribution >= 0.6 is 0 Å². The Bertz CT molecular complexity index is 422. The van der Waals surface area contributed by atoms with E-state index in [0.29, 0.717) is 6.42 Å². The molecule has 0 aromatic carbocycles. The number of carbonyl (C=O) groups excluding carboxylic acids is 1. The monoisotopic (exact) mass is 393 g/mol. The van der Waals surface area contributed by atoms with Gasteiger partial charge >= 0.3 is 0 Å². The number of amides is 1. The quantitative estimate of drug-likeness (QED) is 0.232. The molecule has 0 spiro atoms. The fourth-order valence-corrected chi connectivity index (χ4v) is 3.07. The lowest BCUT2D eigenvalue weighted by Gasteiger charge is -2.40. The number of rotatable bonds is 12. The fourth-order valence-electron chi connectivity index (χ4n) is 3.07. The molecule has 0 saturated carbocycles. The van der Waals surface area contributed by atoms with Crippen LogP contribution in [0.1, 0.15) is 52.4 Å². The van der Waals surface area contributed by atoms with Crippen molar-refractivity contribution in [3.05, 3.63) is 0 Å². The Morgan fingerprint density at radius 1 is 1.11 bits per heavy atom. The van der Waals surface area contributed by atoms with E-state index < -0.39 is 49.5 Å². The van der Waals surface area contributed by atoms with Gasteiger partial charge in [0.25, 0.3) is 0 Å². The minimum Gasteiger partial charge on any atom is -0.394 e. The van der Waals surface area contributed by atoms with Crippen molar-refractivity contribution in [2.45, 2.75) is 95.2 Å². The molecule has 7 unspecified atom stereocenters. The minimum atomic E-state index is -1.54. The molecule has 9 heteroatoms. The summed E-state index contributed by atoms with van der Waals surface area (Å²) in [5.74, 6) is -0.331. The van der Waals surface area contributed by atoms with E-state index in [-0.39, 0.29) is 12.5 Å². The van der Waals surface area contributed by atoms with Crippen LogP contribution in [0.3, 0.4) is 0 Å². The van der Waals surface area contributed by atoms with Crippen LogP contribution in [-0.4, -0.2) is 87.5 Å². The van der Waals surface area contributed by atoms with Crippen molar-refractivity contribution in [1.29, 1.82) is 0 Å². The first-order valence-corrected chi connectivity index (χ1v) is 9.69. The Labute approximate surface area is 160 Å². The van der Waals surface area contributed by atoms with Crippen LogP contribution in [0.15, 0.2) is 0 Å². The van der Waals surface area contributed by atoms with E-state index >= 15 is 0 Å². The van der Waals surface area contributed by atoms with Gasteiger partial charge in [-0.05, 0) is 6.42 Å². The summed E-state index contributed by atoms with van der Waals surface area (Å²) in [4.78, 5) is 11.4. The van der Waals surface area contributed by atoms with Gasteiger partial charge in [0.05, 0.1) is 25.4 Å². The summed E-state index contributed by atoms with van der Waals surface area (Å²) in [6.45, 7) is 2.74. The molecule has 0 aromatic rings. The van der Waals surface area contributed by atoms with Crippen molar-refractivity contribution in [2.75, 3.05) is 13.2 Å². The lowest BCUT2D eigenvalue weighted by molar-refractivity contribution is -0.302. The van der Waals surface area contributed by atoms with Gasteiger partial charge in [-0.15, -0.1) is 0 Å². The van der Waals surface area contributed by atoms with Crippen LogP contribution in [-0.2, 0) is 14.3 Å². The van der Waals surface area contributed by atoms with E-state index in [4.69, 9.17) is 9.47 Å². The summed E-state index contributed by atoms with van der Waals surface area (Å²) < 4.78 is 10.7. The highest BCUT2D eigenvalue weighted by atomic mass is 16.7. The number of aliphatic hydroxyl groups excluding tert-OH is 5. The third kappa shape index (κ3) is 7.98. The summed E-state index contributed by atoms with van der Waals surface area (Å²) >= 11 is 0. The van der Waals surface area contributed by atoms with E-state index in [1.54, 1.807) is 0 Å². The van der Waals surface area contributed by atoms with Crippen molar-refractivity contribution < 1.29 is 39.8 Å². The lowest BCUT2D eigenvalue weighted by Crippen LogP contribution is -2.60. The minimum absolute atomic E-state index is 0.154. The zero-order valence-electron chi connectivity index (χ0n) is 16.2. The highest BCUT2D eigenvalue weighted by molar-refractivity contribution is 5.73. The van der Waals surface area contributed by atoms with Crippen molar-refractivity contribution in [3.8, 4) is 0 Å². The molecule has 6 N–H and O–H groups in total. The highest BCUT2D eigenvalue weighted by Crippen LogP contribution is 2.22. The van der Waals surface area contributed by atoms with E-state index in [1.807, 2.05) is 0 Å². The second kappa shape index (κ2) is 12.6. The maximum atomic E-state index is 11.4. The predicted molar refractivity (Wildman–Crippen MR) is 96.7 cm³/mol. The third-order valence-corrected chi connectivity index (χ3v) is 4.75. The van der Waals surface area contributed by atoms with Gasteiger partial charge in [-0.1, -0.05) is 39.0 Å². The van der Waals surface area contributed by atoms with E-state index in [9.17, 15) is 30.3 Å². The first-order valence-electron chi connectivity index (χ1n) is 9.69. The zero-order valence-corrected chi connectivity index (χ0v) is 16.2. The van der Waals surface area contributed by atoms with Crippen molar-refractivity contribution in [3.63, 3.8) is 0 Å². The largest absolute Gasteiger partial charge is 0.394 e. The predicted octanol–water partition coefficient (Wildman–Crippen LogP) is -0.971. The zero-order chi connectivity index (χ0) is 20.4. The molecule has 0 aliphatic carbocycles. The van der Waals surface area contributed by atoms with E-state index in [1.165, 1.54) is 6.92 Å². The molecule has 9 nitrogen and oxygen atoms in total. The molecule has 1 heterocycles. The molecular formula is C18H35NO8. The second-order valence-electron chi connectivity index (χ2n) is 7.11. The number of hydrogen-bond acceptors (Lipinski definition) is 8. The molecule has 1 saturated heterocycles. The van der Waals surface area contributed by atoms with Gasteiger partial charge in [-0.3, -0.25) is 4.79 Å². The van der Waals surface area contributed by atoms with Crippen molar-refractivity contribution in [1.82, 2.24) is 5.32 Å². The number of aliphatic hydroxyl groups is 5. The molecule has 7 atom stereocenters. The molecule has 1 aliphatic heterocycles. The number of nitrogens with one attached hydrogen (secondary N) is 1. The smallest absolute Gasteiger partial charge is 0.217 e. The van der Waals surface area contributed by atoms with Gasteiger partial charge in [-0.25, -0.2) is 0 Å². The Kier molecular flexibility index (Phi) is 11.3. The Balaban J connectivity index is 2.56. The normalized spacial score (nSPS) is 30.7. The maximum absolute atomic E-state index is 11.4. The van der Waals surface area contributed by atoms with Crippen molar-refractivity contribution >= 4 is 5.91 Å². The van der Waals surface area contributed by atoms with Crippen molar-refractivity contribution in [2.24, 2.45) is 0 Å². The summed E-state index contributed by atoms with van der Waals surface area (Å²) in [5.41, 5.74) is 0. The van der Waals surface area contributed by atoms with Crippen LogP contribution in [0.4, 0.5) is 0 Å². The molecule has 1 aliphatic rings. The average Bonchev–Trinajstić information content (AvgIpc) is 2.63. The molecule has 1 fully saturated rings. The summed E-state index contributed by atoms with van der Waals surface area (Å²) in [6.07, 6.45) is -2.06. The standard InChI is InChI=1S/C18H35NO8/c1-3-4-5-6-7-8-13(22)12(19-11(2)21)10-26-18-17(25)16(24)15(23)14(9-20)27-18/h12-18,20,22-25H,3-10H2,1-2H3,(H,19,21). The van der Waals surface area contributed by atoms with Crippen LogP contribution in [0.25, 0.3) is 0 Å². The molecule has 0 aromatic heterocycles. The van der Waals surface area contributed by atoms with Gasteiger partial charge in [0.1, 0.15) is 24.4 Å². The fraction of sp³-hybridized carbons (Fsp3) is 0.944. The number of carbonyl (C=O) groups is 1. The summed E-state index contributed by atoms with van der Waals surface area (Å²) in [7, 11) is 0. The van der Waals surface area contributed by atoms with Crippen LogP contribution < -0.4 is 5.32 Å². The van der Waals surface area contributed by atoms with E-state index in [2.05, 4.69) is 12.2 Å². The number of ether oxygens (including phenoxy) is 2. The highest BCUT2D eigenvalue weighted by Gasteiger charge is 2.44. The molecule has 0 bridgehead atoms. The van der Waals surface area contributed by atoms with Gasteiger partial charge in [-0.2, -0.15) is 0 Å². The summed E-state index contributed by atoms with van der Waals surface area (Å²) in [6, 6.07) is -0.707. The van der Waals surface area contributed by atoms with Gasteiger partial charge in [0.2, 0.25) is 5.91 Å². The Hall–Kier alpha value is -0.810. The molecule has 1 amide bonds. The van der Waals surface area contributed by atoms with Gasteiger partial charge in [0, 0.05) is 6.92 Å². The van der Waals surface area contributed by atoms with Crippen LogP contribution in [0.5, 0.6) is 0 Å². The lowest BCUT2D eigenvalue weighted by atomic mass is 9.99. The van der Waals surface area contributed by atoms with Gasteiger partial charge in [0.15, 0.2) is 6.29 Å². The second-order valence-corrected chi connectivity index (χ2v) is 7.11. The molecular weight excluding hydrogens is 358 g/mol. The summed E-state index contributed by atoms with van der Waals surface area (Å²) in [5, 5.41) is 51.7. The molecule has 160 valence electrons. The Morgan fingerprint density at radius 3 is 2.37 bits per heavy atom. The average molecular weight is 393 g/mol. The molecule has 1 rings (SSSR count). The van der Waals surface area contributed by atoms with E-state index in [0.717, 1.165) is 32.1 Å². The number of unbranched alkanes of at least 4 members (excludes halogenated alkanes) is 4. The number of hydrogen-bond donors (Lipinski definition) is 6. The molecule has 0 radical (unpaired) electrons. The first-order chi connectivity index (χ1) is 12.8. The Morgan fingerprint density at radius 2 is 1.78 bits per heavy atom. The van der Waals surface area contributed by atoms with Gasteiger partial charge < -0.3 is 40.3 Å². The third-order valence-electron chi connectivity index (χ3n) is 4.75. The van der Waals surface area contributed by atoms with Crippen LogP contribution in [0.2, 0.25) is 0 Å². The maximum Gasteiger partial charge on any atom is 0.217 e. The van der Waals surface area contributed by atoms with Crippen LogP contribution in [0, 0.1) is 0 Å². The molecule has 27 heavy (non-hydrogen) atoms.